The Hall–Kier alpha value is -2.57. The molecule has 0 fully saturated rings. The highest BCUT2D eigenvalue weighted by Gasteiger charge is 2.16. The molecule has 0 amide bonds. The van der Waals surface area contributed by atoms with Crippen LogP contribution in [0.3, 0.4) is 0 Å². The second kappa shape index (κ2) is 5.82. The number of hydrogen-bond donors (Lipinski definition) is 1. The van der Waals surface area contributed by atoms with Crippen molar-refractivity contribution in [1.82, 2.24) is 0 Å². The topological polar surface area (TPSA) is 55.2 Å². The van der Waals surface area contributed by atoms with Crippen LogP contribution in [-0.4, -0.2) is 4.92 Å². The van der Waals surface area contributed by atoms with Crippen molar-refractivity contribution in [3.05, 3.63) is 69.5 Å². The summed E-state index contributed by atoms with van der Waals surface area (Å²) in [5.74, 6) is -4.11. The second-order valence-electron chi connectivity index (χ2n) is 4.44. The number of halogens is 3. The third kappa shape index (κ3) is 3.13. The summed E-state index contributed by atoms with van der Waals surface area (Å²) in [5.41, 5.74) is 0.398. The number of nitro benzene ring substituents is 1. The van der Waals surface area contributed by atoms with Crippen LogP contribution in [0, 0.1) is 27.6 Å². The van der Waals surface area contributed by atoms with Crippen molar-refractivity contribution in [1.29, 1.82) is 0 Å². The fourth-order valence-electron chi connectivity index (χ4n) is 1.84. The van der Waals surface area contributed by atoms with Crippen LogP contribution in [-0.2, 0) is 0 Å². The first kappa shape index (κ1) is 14.8. The SMILES string of the molecule is CC(Nc1ccc(F)c(F)c1F)c1ccc([N+](=O)[O-])cc1. The second-order valence-corrected chi connectivity index (χ2v) is 4.44. The van der Waals surface area contributed by atoms with E-state index in [0.29, 0.717) is 5.56 Å². The quantitative estimate of drug-likeness (QED) is 0.523. The minimum Gasteiger partial charge on any atom is -0.376 e. The van der Waals surface area contributed by atoms with Crippen molar-refractivity contribution in [2.45, 2.75) is 13.0 Å². The molecule has 0 aliphatic carbocycles. The maximum absolute atomic E-state index is 13.5. The molecule has 0 bridgehead atoms. The van der Waals surface area contributed by atoms with Crippen molar-refractivity contribution < 1.29 is 18.1 Å². The molecule has 2 rings (SSSR count). The summed E-state index contributed by atoms with van der Waals surface area (Å²) >= 11 is 0. The molecular weight excluding hydrogens is 285 g/mol. The highest BCUT2D eigenvalue weighted by atomic mass is 19.2. The third-order valence-corrected chi connectivity index (χ3v) is 3.01. The zero-order valence-corrected chi connectivity index (χ0v) is 10.9. The Morgan fingerprint density at radius 1 is 1.05 bits per heavy atom. The molecule has 0 spiro atoms. The van der Waals surface area contributed by atoms with E-state index in [1.54, 1.807) is 6.92 Å². The molecule has 110 valence electrons. The van der Waals surface area contributed by atoms with Crippen LogP contribution in [0.5, 0.6) is 0 Å². The Morgan fingerprint density at radius 3 is 2.24 bits per heavy atom. The van der Waals surface area contributed by atoms with Crippen molar-refractivity contribution in [2.24, 2.45) is 0 Å². The lowest BCUT2D eigenvalue weighted by atomic mass is 10.1. The third-order valence-electron chi connectivity index (χ3n) is 3.01. The van der Waals surface area contributed by atoms with E-state index in [9.17, 15) is 23.3 Å². The number of anilines is 1. The van der Waals surface area contributed by atoms with Crippen molar-refractivity contribution in [2.75, 3.05) is 5.32 Å². The standard InChI is InChI=1S/C14H11F3N2O2/c1-8(9-2-4-10(5-3-9)19(20)21)18-12-7-6-11(15)13(16)14(12)17/h2-8,18H,1H3. The Labute approximate surface area is 118 Å². The summed E-state index contributed by atoms with van der Waals surface area (Å²) in [6.07, 6.45) is 0. The van der Waals surface area contributed by atoms with Crippen LogP contribution in [0.15, 0.2) is 36.4 Å². The van der Waals surface area contributed by atoms with Crippen molar-refractivity contribution >= 4 is 11.4 Å². The zero-order valence-electron chi connectivity index (χ0n) is 10.9. The maximum Gasteiger partial charge on any atom is 0.269 e. The average Bonchev–Trinajstić information content (AvgIpc) is 2.48. The van der Waals surface area contributed by atoms with Gasteiger partial charge in [-0.3, -0.25) is 10.1 Å². The minimum atomic E-state index is -1.55. The lowest BCUT2D eigenvalue weighted by Gasteiger charge is -2.16. The van der Waals surface area contributed by atoms with Gasteiger partial charge < -0.3 is 5.32 Å². The highest BCUT2D eigenvalue weighted by Crippen LogP contribution is 2.25. The number of nitrogens with zero attached hydrogens (tertiary/aromatic N) is 1. The van der Waals surface area contributed by atoms with E-state index in [4.69, 9.17) is 0 Å². The van der Waals surface area contributed by atoms with E-state index in [1.807, 2.05) is 0 Å². The normalized spacial score (nSPS) is 12.0. The number of nitro groups is 1. The van der Waals surface area contributed by atoms with E-state index in [1.165, 1.54) is 24.3 Å². The summed E-state index contributed by atoms with van der Waals surface area (Å²) < 4.78 is 39.5. The molecule has 2 aromatic rings. The van der Waals surface area contributed by atoms with Gasteiger partial charge in [0.1, 0.15) is 0 Å². The molecule has 4 nitrogen and oxygen atoms in total. The van der Waals surface area contributed by atoms with Gasteiger partial charge >= 0.3 is 0 Å². The van der Waals surface area contributed by atoms with Crippen LogP contribution < -0.4 is 5.32 Å². The van der Waals surface area contributed by atoms with Gasteiger partial charge in [-0.05, 0) is 24.6 Å². The molecule has 1 unspecified atom stereocenters. The zero-order chi connectivity index (χ0) is 15.6. The summed E-state index contributed by atoms with van der Waals surface area (Å²) in [4.78, 5) is 10.0. The Kier molecular flexibility index (Phi) is 4.11. The molecule has 0 aliphatic rings. The van der Waals surface area contributed by atoms with Gasteiger partial charge in [0.05, 0.1) is 10.6 Å². The van der Waals surface area contributed by atoms with Crippen LogP contribution in [0.25, 0.3) is 0 Å². The first-order valence-corrected chi connectivity index (χ1v) is 6.04. The lowest BCUT2D eigenvalue weighted by molar-refractivity contribution is -0.384. The summed E-state index contributed by atoms with van der Waals surface area (Å²) in [6, 6.07) is 7.12. The molecule has 0 radical (unpaired) electrons. The molecule has 7 heteroatoms. The van der Waals surface area contributed by atoms with Gasteiger partial charge in [-0.25, -0.2) is 13.2 Å². The van der Waals surface area contributed by atoms with Crippen molar-refractivity contribution in [3.63, 3.8) is 0 Å². The van der Waals surface area contributed by atoms with Crippen LogP contribution in [0.2, 0.25) is 0 Å². The van der Waals surface area contributed by atoms with Gasteiger partial charge in [-0.15, -0.1) is 0 Å². The van der Waals surface area contributed by atoms with E-state index in [2.05, 4.69) is 5.32 Å². The van der Waals surface area contributed by atoms with Crippen LogP contribution in [0.1, 0.15) is 18.5 Å². The molecular formula is C14H11F3N2O2. The highest BCUT2D eigenvalue weighted by molar-refractivity contribution is 5.48. The average molecular weight is 296 g/mol. The van der Waals surface area contributed by atoms with E-state index in [0.717, 1.165) is 12.1 Å². The first-order chi connectivity index (χ1) is 9.90. The minimum absolute atomic E-state index is 0.0649. The molecule has 21 heavy (non-hydrogen) atoms. The number of nitrogens with one attached hydrogen (secondary N) is 1. The monoisotopic (exact) mass is 296 g/mol. The summed E-state index contributed by atoms with van der Waals surface area (Å²) in [7, 11) is 0. The predicted octanol–water partition coefficient (Wildman–Crippen LogP) is 4.19. The molecule has 1 atom stereocenters. The molecule has 1 N–H and O–H groups in total. The molecule has 2 aromatic carbocycles. The fourth-order valence-corrected chi connectivity index (χ4v) is 1.84. The Bertz CT molecular complexity index is 675. The van der Waals surface area contributed by atoms with Gasteiger partial charge in [0, 0.05) is 18.2 Å². The first-order valence-electron chi connectivity index (χ1n) is 6.04. The number of rotatable bonds is 4. The smallest absolute Gasteiger partial charge is 0.269 e. The lowest BCUT2D eigenvalue weighted by Crippen LogP contribution is -2.09. The molecule has 0 heterocycles. The Morgan fingerprint density at radius 2 is 1.67 bits per heavy atom. The molecule has 0 saturated heterocycles. The largest absolute Gasteiger partial charge is 0.376 e. The van der Waals surface area contributed by atoms with E-state index in [-0.39, 0.29) is 11.4 Å². The van der Waals surface area contributed by atoms with Gasteiger partial charge in [0.25, 0.3) is 5.69 Å². The van der Waals surface area contributed by atoms with Crippen LogP contribution in [0.4, 0.5) is 24.5 Å². The Balaban J connectivity index is 2.20. The van der Waals surface area contributed by atoms with E-state index >= 15 is 0 Å². The maximum atomic E-state index is 13.5. The number of hydrogen-bond acceptors (Lipinski definition) is 3. The number of benzene rings is 2. The molecule has 0 saturated carbocycles. The molecule has 0 aliphatic heterocycles. The van der Waals surface area contributed by atoms with Crippen LogP contribution >= 0.6 is 0 Å². The summed E-state index contributed by atoms with van der Waals surface area (Å²) in [5, 5.41) is 13.2. The van der Waals surface area contributed by atoms with Gasteiger partial charge in [-0.1, -0.05) is 12.1 Å². The molecule has 0 aromatic heterocycles. The van der Waals surface area contributed by atoms with Crippen molar-refractivity contribution in [3.8, 4) is 0 Å². The van der Waals surface area contributed by atoms with Gasteiger partial charge in [0.2, 0.25) is 0 Å². The fraction of sp³-hybridized carbons (Fsp3) is 0.143. The van der Waals surface area contributed by atoms with Gasteiger partial charge in [0.15, 0.2) is 17.5 Å². The number of non-ortho nitro benzene ring substituents is 1. The van der Waals surface area contributed by atoms with E-state index < -0.39 is 28.4 Å². The summed E-state index contributed by atoms with van der Waals surface area (Å²) in [6.45, 7) is 1.67. The predicted molar refractivity (Wildman–Crippen MR) is 71.5 cm³/mol. The van der Waals surface area contributed by atoms with Gasteiger partial charge in [-0.2, -0.15) is 0 Å².